The highest BCUT2D eigenvalue weighted by Crippen LogP contribution is 2.38. The first-order valence-corrected chi connectivity index (χ1v) is 16.3. The molecule has 1 unspecified atom stereocenters. The number of aromatic amines is 2. The van der Waals surface area contributed by atoms with Crippen LogP contribution >= 0.6 is 0 Å². The van der Waals surface area contributed by atoms with E-state index in [0.29, 0.717) is 12.5 Å². The summed E-state index contributed by atoms with van der Waals surface area (Å²) in [7, 11) is 0. The first kappa shape index (κ1) is 27.9. The number of fused-ring (bicyclic) bond motifs is 3. The molecule has 1 aliphatic heterocycles. The number of imidazole rings is 2. The molecule has 6 aromatic rings. The summed E-state index contributed by atoms with van der Waals surface area (Å²) in [6.07, 6.45) is 6.58. The topological polar surface area (TPSA) is 86.9 Å². The molecular weight excluding hydrogens is 558 g/mol. The molecule has 1 saturated carbocycles. The Kier molecular flexibility index (Phi) is 6.66. The lowest BCUT2D eigenvalue weighted by atomic mass is 9.93. The van der Waals surface area contributed by atoms with Gasteiger partial charge in [0, 0.05) is 12.5 Å². The van der Waals surface area contributed by atoms with Crippen LogP contribution in [0.2, 0.25) is 0 Å². The molecule has 228 valence electrons. The molecule has 2 aliphatic rings. The summed E-state index contributed by atoms with van der Waals surface area (Å²) < 4.78 is 5.69. The van der Waals surface area contributed by atoms with Crippen molar-refractivity contribution in [3.8, 4) is 22.3 Å². The van der Waals surface area contributed by atoms with E-state index >= 15 is 0 Å². The molecule has 45 heavy (non-hydrogen) atoms. The van der Waals surface area contributed by atoms with Crippen LogP contribution in [0, 0.1) is 0 Å². The molecule has 4 aromatic carbocycles. The van der Waals surface area contributed by atoms with Gasteiger partial charge in [0.05, 0.1) is 28.1 Å². The highest BCUT2D eigenvalue weighted by molar-refractivity contribution is 6.05. The van der Waals surface area contributed by atoms with Crippen molar-refractivity contribution in [3.05, 3.63) is 84.4 Å². The fourth-order valence-electron chi connectivity index (χ4n) is 7.35. The van der Waals surface area contributed by atoms with Crippen LogP contribution in [0.5, 0.6) is 0 Å². The Balaban J connectivity index is 1.13. The third kappa shape index (κ3) is 5.14. The van der Waals surface area contributed by atoms with E-state index in [1.54, 1.807) is 0 Å². The van der Waals surface area contributed by atoms with E-state index in [1.165, 1.54) is 53.1 Å². The van der Waals surface area contributed by atoms with Gasteiger partial charge in [0.25, 0.3) is 0 Å². The van der Waals surface area contributed by atoms with Crippen molar-refractivity contribution < 1.29 is 9.53 Å². The number of hydrogen-bond acceptors (Lipinski definition) is 4. The Labute approximate surface area is 263 Å². The van der Waals surface area contributed by atoms with Crippen molar-refractivity contribution in [1.82, 2.24) is 24.8 Å². The fourth-order valence-corrected chi connectivity index (χ4v) is 7.35. The lowest BCUT2D eigenvalue weighted by molar-refractivity contribution is 0.0219. The van der Waals surface area contributed by atoms with E-state index < -0.39 is 5.60 Å². The predicted octanol–water partition coefficient (Wildman–Crippen LogP) is 9.66. The standard InChI is InChI=1S/C38H39N5O2/c1-38(2,3)45-37(44)43-20-8-15-34(43)36-40-31-19-17-25(22-33(31)42-36)27-12-7-13-28-26(11-6-14-29(27)28)24-16-18-30-32(21-24)41-35(39-30)23-9-4-5-10-23/h6-7,11-14,16-19,21-23,34H,4-5,8-10,15,20H2,1-3H3,(H,39,41)(H,40,42). The maximum Gasteiger partial charge on any atom is 0.410 e. The molecule has 0 radical (unpaired) electrons. The Hall–Kier alpha value is -4.65. The Morgan fingerprint density at radius 3 is 1.93 bits per heavy atom. The smallest absolute Gasteiger partial charge is 0.410 e. The van der Waals surface area contributed by atoms with Crippen LogP contribution in [-0.2, 0) is 4.74 Å². The lowest BCUT2D eigenvalue weighted by Crippen LogP contribution is -2.36. The maximum atomic E-state index is 12.9. The van der Waals surface area contributed by atoms with Gasteiger partial charge in [-0.05, 0) is 104 Å². The van der Waals surface area contributed by atoms with Crippen molar-refractivity contribution in [2.45, 2.75) is 76.9 Å². The first-order chi connectivity index (χ1) is 21.8. The van der Waals surface area contributed by atoms with Gasteiger partial charge in [-0.15, -0.1) is 0 Å². The van der Waals surface area contributed by atoms with E-state index in [0.717, 1.165) is 52.1 Å². The lowest BCUT2D eigenvalue weighted by Gasteiger charge is -2.27. The van der Waals surface area contributed by atoms with Gasteiger partial charge in [-0.25, -0.2) is 14.8 Å². The number of nitrogens with zero attached hydrogens (tertiary/aromatic N) is 3. The number of likely N-dealkylation sites (tertiary alicyclic amines) is 1. The van der Waals surface area contributed by atoms with Crippen molar-refractivity contribution in [2.75, 3.05) is 6.54 Å². The molecular formula is C38H39N5O2. The van der Waals surface area contributed by atoms with Gasteiger partial charge in [-0.2, -0.15) is 0 Å². The molecule has 7 nitrogen and oxygen atoms in total. The first-order valence-electron chi connectivity index (χ1n) is 16.3. The van der Waals surface area contributed by atoms with Crippen LogP contribution < -0.4 is 0 Å². The van der Waals surface area contributed by atoms with Crippen LogP contribution in [0.15, 0.2) is 72.8 Å². The van der Waals surface area contributed by atoms with Crippen molar-refractivity contribution in [1.29, 1.82) is 0 Å². The summed E-state index contributed by atoms with van der Waals surface area (Å²) in [6.45, 7) is 6.38. The Bertz CT molecular complexity index is 2060. The number of hydrogen-bond donors (Lipinski definition) is 2. The minimum atomic E-state index is -0.532. The van der Waals surface area contributed by atoms with E-state index in [2.05, 4.69) is 82.8 Å². The van der Waals surface area contributed by atoms with Gasteiger partial charge in [0.1, 0.15) is 17.2 Å². The van der Waals surface area contributed by atoms with Gasteiger partial charge >= 0.3 is 6.09 Å². The second-order valence-corrected chi connectivity index (χ2v) is 13.7. The molecule has 2 aromatic heterocycles. The zero-order valence-corrected chi connectivity index (χ0v) is 26.2. The van der Waals surface area contributed by atoms with Crippen LogP contribution in [0.3, 0.4) is 0 Å². The summed E-state index contributed by atoms with van der Waals surface area (Å²) in [4.78, 5) is 31.8. The zero-order chi connectivity index (χ0) is 30.7. The molecule has 1 amide bonds. The van der Waals surface area contributed by atoms with Crippen molar-refractivity contribution in [2.24, 2.45) is 0 Å². The number of H-pyrrole nitrogens is 2. The summed E-state index contributed by atoms with van der Waals surface area (Å²) in [5.74, 6) is 2.52. The van der Waals surface area contributed by atoms with Crippen LogP contribution in [0.1, 0.15) is 82.9 Å². The van der Waals surface area contributed by atoms with Crippen molar-refractivity contribution in [3.63, 3.8) is 0 Å². The fraction of sp³-hybridized carbons (Fsp3) is 0.342. The van der Waals surface area contributed by atoms with Gasteiger partial charge in [0.15, 0.2) is 0 Å². The van der Waals surface area contributed by atoms with E-state index in [-0.39, 0.29) is 12.1 Å². The van der Waals surface area contributed by atoms with Gasteiger partial charge in [0.2, 0.25) is 0 Å². The quantitative estimate of drug-likeness (QED) is 0.212. The molecule has 1 aliphatic carbocycles. The largest absolute Gasteiger partial charge is 0.444 e. The van der Waals surface area contributed by atoms with E-state index in [9.17, 15) is 4.79 Å². The van der Waals surface area contributed by atoms with E-state index in [4.69, 9.17) is 14.7 Å². The Morgan fingerprint density at radius 2 is 1.33 bits per heavy atom. The average Bonchev–Trinajstić information content (AvgIpc) is 3.84. The number of rotatable bonds is 4. The van der Waals surface area contributed by atoms with Crippen LogP contribution in [0.25, 0.3) is 55.1 Å². The van der Waals surface area contributed by atoms with Crippen LogP contribution in [-0.4, -0.2) is 43.1 Å². The number of nitrogens with one attached hydrogen (secondary N) is 2. The second kappa shape index (κ2) is 10.8. The minimum absolute atomic E-state index is 0.114. The molecule has 8 rings (SSSR count). The molecule has 3 heterocycles. The number of amides is 1. The van der Waals surface area contributed by atoms with Crippen molar-refractivity contribution >= 4 is 38.9 Å². The molecule has 0 spiro atoms. The highest BCUT2D eigenvalue weighted by Gasteiger charge is 2.35. The normalized spacial score (nSPS) is 17.7. The maximum absolute atomic E-state index is 12.9. The number of ether oxygens (including phenoxy) is 1. The summed E-state index contributed by atoms with van der Waals surface area (Å²) >= 11 is 0. The number of carbonyl (C=O) groups excluding carboxylic acids is 1. The SMILES string of the molecule is CC(C)(C)OC(=O)N1CCCC1c1nc2ccc(-c3cccc4c(-c5ccc6nc(C7CCCC7)[nH]c6c5)cccc34)cc2[nH]1. The van der Waals surface area contributed by atoms with Gasteiger partial charge in [-0.1, -0.05) is 61.4 Å². The molecule has 1 saturated heterocycles. The van der Waals surface area contributed by atoms with E-state index in [1.807, 2.05) is 25.7 Å². The van der Waals surface area contributed by atoms with Gasteiger partial charge < -0.3 is 14.7 Å². The van der Waals surface area contributed by atoms with Crippen LogP contribution in [0.4, 0.5) is 4.79 Å². The summed E-state index contributed by atoms with van der Waals surface area (Å²) in [6, 6.07) is 26.0. The number of benzene rings is 4. The minimum Gasteiger partial charge on any atom is -0.444 e. The van der Waals surface area contributed by atoms with Gasteiger partial charge in [-0.3, -0.25) is 4.90 Å². The molecule has 2 fully saturated rings. The predicted molar refractivity (Wildman–Crippen MR) is 180 cm³/mol. The summed E-state index contributed by atoms with van der Waals surface area (Å²) in [5.41, 5.74) is 8.18. The third-order valence-electron chi connectivity index (χ3n) is 9.48. The molecule has 0 bridgehead atoms. The second-order valence-electron chi connectivity index (χ2n) is 13.7. The molecule has 2 N–H and O–H groups in total. The highest BCUT2D eigenvalue weighted by atomic mass is 16.6. The molecule has 7 heteroatoms. The number of aromatic nitrogens is 4. The number of carbonyl (C=O) groups is 1. The summed E-state index contributed by atoms with van der Waals surface area (Å²) in [5, 5.41) is 2.42. The monoisotopic (exact) mass is 597 g/mol. The third-order valence-corrected chi connectivity index (χ3v) is 9.48. The average molecular weight is 598 g/mol. The molecule has 1 atom stereocenters. The Morgan fingerprint density at radius 1 is 0.756 bits per heavy atom. The zero-order valence-electron chi connectivity index (χ0n) is 26.2.